The number of benzene rings is 2. The van der Waals surface area contributed by atoms with E-state index in [9.17, 15) is 4.79 Å². The van der Waals surface area contributed by atoms with Gasteiger partial charge in [-0.15, -0.1) is 0 Å². The number of nitrogens with zero attached hydrogens (tertiary/aromatic N) is 4. The number of fused-ring (bicyclic) bond motifs is 1. The molecule has 7 nitrogen and oxygen atoms in total. The van der Waals surface area contributed by atoms with E-state index in [0.29, 0.717) is 31.3 Å². The molecule has 2 heterocycles. The van der Waals surface area contributed by atoms with Crippen LogP contribution in [0.1, 0.15) is 5.56 Å². The van der Waals surface area contributed by atoms with Gasteiger partial charge in [-0.2, -0.15) is 0 Å². The van der Waals surface area contributed by atoms with Crippen molar-refractivity contribution in [3.63, 3.8) is 0 Å². The van der Waals surface area contributed by atoms with E-state index in [4.69, 9.17) is 0 Å². The van der Waals surface area contributed by atoms with E-state index in [2.05, 4.69) is 43.8 Å². The maximum Gasteiger partial charge on any atom is 0.315 e. The van der Waals surface area contributed by atoms with Crippen LogP contribution in [-0.2, 0) is 13.1 Å². The first-order valence-corrected chi connectivity index (χ1v) is 9.08. The Hall–Kier alpha value is -3.74. The Morgan fingerprint density at radius 3 is 2.61 bits per heavy atom. The van der Waals surface area contributed by atoms with E-state index in [1.807, 2.05) is 35.0 Å². The number of hydrogen-bond donors (Lipinski definition) is 2. The van der Waals surface area contributed by atoms with Gasteiger partial charge in [0.05, 0.1) is 0 Å². The molecule has 0 aliphatic rings. The highest BCUT2D eigenvalue weighted by molar-refractivity contribution is 5.86. The number of urea groups is 1. The van der Waals surface area contributed by atoms with Crippen molar-refractivity contribution >= 4 is 16.8 Å². The summed E-state index contributed by atoms with van der Waals surface area (Å²) in [5.41, 5.74) is 1.09. The average Bonchev–Trinajstić information content (AvgIpc) is 3.21. The molecule has 2 N–H and O–H groups in total. The van der Waals surface area contributed by atoms with Gasteiger partial charge in [-0.05, 0) is 22.4 Å². The second-order valence-corrected chi connectivity index (χ2v) is 6.26. The Labute approximate surface area is 162 Å². The largest absolute Gasteiger partial charge is 0.336 e. The molecule has 0 unspecified atom stereocenters. The van der Waals surface area contributed by atoms with Crippen molar-refractivity contribution in [2.24, 2.45) is 0 Å². The average molecular weight is 372 g/mol. The van der Waals surface area contributed by atoms with E-state index in [-0.39, 0.29) is 6.03 Å². The number of carbonyl (C=O) groups excluding carboxylic acids is 1. The molecule has 0 fully saturated rings. The molecule has 4 aromatic rings. The van der Waals surface area contributed by atoms with E-state index in [1.54, 1.807) is 24.7 Å². The lowest BCUT2D eigenvalue weighted by Gasteiger charge is -2.11. The van der Waals surface area contributed by atoms with E-state index in [1.165, 1.54) is 0 Å². The van der Waals surface area contributed by atoms with Crippen LogP contribution in [0.4, 0.5) is 4.79 Å². The van der Waals surface area contributed by atoms with Gasteiger partial charge in [0, 0.05) is 44.4 Å². The molecule has 0 spiro atoms. The van der Waals surface area contributed by atoms with Gasteiger partial charge < -0.3 is 15.2 Å². The van der Waals surface area contributed by atoms with Gasteiger partial charge in [-0.1, -0.05) is 42.5 Å². The van der Waals surface area contributed by atoms with E-state index in [0.717, 1.165) is 16.3 Å². The predicted molar refractivity (Wildman–Crippen MR) is 107 cm³/mol. The van der Waals surface area contributed by atoms with Crippen molar-refractivity contribution in [3.8, 4) is 11.6 Å². The molecule has 0 aliphatic carbocycles. The first kappa shape index (κ1) is 17.7. The van der Waals surface area contributed by atoms with Crippen LogP contribution in [0.15, 0.2) is 73.3 Å². The van der Waals surface area contributed by atoms with Crippen LogP contribution in [0, 0.1) is 0 Å². The number of amides is 2. The SMILES string of the molecule is O=C(NCCn1ccnc1-c1ncccn1)NCc1cccc2ccccc12. The van der Waals surface area contributed by atoms with Crippen molar-refractivity contribution in [1.82, 2.24) is 30.2 Å². The Bertz CT molecular complexity index is 1070. The predicted octanol–water partition coefficient (Wildman–Crippen LogP) is 2.99. The third-order valence-corrected chi connectivity index (χ3v) is 4.44. The second-order valence-electron chi connectivity index (χ2n) is 6.26. The molecule has 140 valence electrons. The minimum Gasteiger partial charge on any atom is -0.336 e. The monoisotopic (exact) mass is 372 g/mol. The summed E-state index contributed by atoms with van der Waals surface area (Å²) in [7, 11) is 0. The number of nitrogens with one attached hydrogen (secondary N) is 2. The lowest BCUT2D eigenvalue weighted by Crippen LogP contribution is -2.36. The molecule has 0 atom stereocenters. The highest BCUT2D eigenvalue weighted by atomic mass is 16.2. The molecule has 0 saturated heterocycles. The molecule has 0 aliphatic heterocycles. The fraction of sp³-hybridized carbons (Fsp3) is 0.143. The summed E-state index contributed by atoms with van der Waals surface area (Å²) in [5, 5.41) is 8.11. The molecular formula is C21H20N6O. The minimum atomic E-state index is -0.203. The summed E-state index contributed by atoms with van der Waals surface area (Å²) in [6.45, 7) is 1.52. The molecule has 7 heteroatoms. The van der Waals surface area contributed by atoms with Gasteiger partial charge in [0.15, 0.2) is 11.6 Å². The first-order valence-electron chi connectivity index (χ1n) is 9.08. The maximum absolute atomic E-state index is 12.2. The van der Waals surface area contributed by atoms with Crippen molar-refractivity contribution in [1.29, 1.82) is 0 Å². The van der Waals surface area contributed by atoms with Crippen LogP contribution in [0.2, 0.25) is 0 Å². The van der Waals surface area contributed by atoms with Gasteiger partial charge in [0.2, 0.25) is 0 Å². The molecule has 2 aromatic carbocycles. The molecular weight excluding hydrogens is 352 g/mol. The first-order chi connectivity index (χ1) is 13.8. The summed E-state index contributed by atoms with van der Waals surface area (Å²) in [6, 6.07) is 15.8. The standard InChI is InChI=1S/C21H20N6O/c28-21(26-15-17-7-3-6-16-5-1-2-8-18(16)17)25-12-14-27-13-11-24-20(27)19-22-9-4-10-23-19/h1-11,13H,12,14-15H2,(H2,25,26,28). The van der Waals surface area contributed by atoms with Crippen LogP contribution in [-0.4, -0.2) is 32.1 Å². The van der Waals surface area contributed by atoms with E-state index >= 15 is 0 Å². The minimum absolute atomic E-state index is 0.203. The van der Waals surface area contributed by atoms with Gasteiger partial charge in [-0.25, -0.2) is 19.7 Å². The third kappa shape index (κ3) is 3.98. The summed E-state index contributed by atoms with van der Waals surface area (Å²) in [5.74, 6) is 1.24. The normalized spacial score (nSPS) is 10.7. The summed E-state index contributed by atoms with van der Waals surface area (Å²) >= 11 is 0. The maximum atomic E-state index is 12.2. The highest BCUT2D eigenvalue weighted by Crippen LogP contribution is 2.18. The Balaban J connectivity index is 1.31. The molecule has 0 saturated carbocycles. The number of imidazole rings is 1. The zero-order valence-electron chi connectivity index (χ0n) is 15.2. The van der Waals surface area contributed by atoms with Crippen LogP contribution < -0.4 is 10.6 Å². The molecule has 28 heavy (non-hydrogen) atoms. The number of hydrogen-bond acceptors (Lipinski definition) is 4. The lowest BCUT2D eigenvalue weighted by molar-refractivity contribution is 0.240. The van der Waals surface area contributed by atoms with Crippen LogP contribution in [0.25, 0.3) is 22.4 Å². The molecule has 0 bridgehead atoms. The molecule has 0 radical (unpaired) electrons. The number of carbonyl (C=O) groups is 1. The third-order valence-electron chi connectivity index (χ3n) is 4.44. The highest BCUT2D eigenvalue weighted by Gasteiger charge is 2.08. The van der Waals surface area contributed by atoms with Crippen molar-refractivity contribution in [3.05, 3.63) is 78.9 Å². The zero-order valence-corrected chi connectivity index (χ0v) is 15.2. The molecule has 2 amide bonds. The smallest absolute Gasteiger partial charge is 0.315 e. The van der Waals surface area contributed by atoms with Crippen molar-refractivity contribution in [2.45, 2.75) is 13.1 Å². The zero-order chi connectivity index (χ0) is 19.2. The molecule has 4 rings (SSSR count). The fourth-order valence-electron chi connectivity index (χ4n) is 3.08. The van der Waals surface area contributed by atoms with Crippen molar-refractivity contribution in [2.75, 3.05) is 6.54 Å². The molecule has 2 aromatic heterocycles. The summed E-state index contributed by atoms with van der Waals surface area (Å²) < 4.78 is 1.92. The number of aromatic nitrogens is 4. The fourth-order valence-corrected chi connectivity index (χ4v) is 3.08. The van der Waals surface area contributed by atoms with Crippen LogP contribution >= 0.6 is 0 Å². The van der Waals surface area contributed by atoms with Gasteiger partial charge >= 0.3 is 6.03 Å². The summed E-state index contributed by atoms with van der Waals surface area (Å²) in [4.78, 5) is 24.9. The van der Waals surface area contributed by atoms with Crippen LogP contribution in [0.3, 0.4) is 0 Å². The van der Waals surface area contributed by atoms with Gasteiger partial charge in [-0.3, -0.25) is 0 Å². The van der Waals surface area contributed by atoms with Gasteiger partial charge in [0.25, 0.3) is 0 Å². The summed E-state index contributed by atoms with van der Waals surface area (Å²) in [6.07, 6.45) is 6.91. The topological polar surface area (TPSA) is 84.7 Å². The number of rotatable bonds is 6. The van der Waals surface area contributed by atoms with Crippen LogP contribution in [0.5, 0.6) is 0 Å². The van der Waals surface area contributed by atoms with Gasteiger partial charge in [0.1, 0.15) is 0 Å². The van der Waals surface area contributed by atoms with E-state index < -0.39 is 0 Å². The quantitative estimate of drug-likeness (QED) is 0.545. The second kappa shape index (κ2) is 8.30. The Morgan fingerprint density at radius 2 is 1.71 bits per heavy atom. The Kier molecular flexibility index (Phi) is 5.24. The Morgan fingerprint density at radius 1 is 0.893 bits per heavy atom. The lowest BCUT2D eigenvalue weighted by atomic mass is 10.0. The van der Waals surface area contributed by atoms with Crippen molar-refractivity contribution < 1.29 is 4.79 Å².